The highest BCUT2D eigenvalue weighted by atomic mass is 16.5. The highest BCUT2D eigenvalue weighted by Gasteiger charge is 2.33. The number of carboxylic acid groups (broad SMARTS) is 2. The van der Waals surface area contributed by atoms with Gasteiger partial charge in [0.15, 0.2) is 5.82 Å². The Morgan fingerprint density at radius 1 is 1.03 bits per heavy atom. The van der Waals surface area contributed by atoms with E-state index in [1.54, 1.807) is 31.2 Å². The molecule has 12 heteroatoms. The Labute approximate surface area is 211 Å². The molecule has 2 heterocycles. The number of carbonyl (C=O) groups is 4. The fourth-order valence-corrected chi connectivity index (χ4v) is 3.45. The van der Waals surface area contributed by atoms with Crippen LogP contribution < -0.4 is 5.32 Å². The molecule has 1 saturated heterocycles. The Morgan fingerprint density at radius 2 is 1.68 bits per heavy atom. The Bertz CT molecular complexity index is 1210. The van der Waals surface area contributed by atoms with Gasteiger partial charge in [0, 0.05) is 25.2 Å². The van der Waals surface area contributed by atoms with Gasteiger partial charge in [-0.15, -0.1) is 0 Å². The molecule has 3 N–H and O–H groups in total. The molecule has 2 aromatic carbocycles. The Balaban J connectivity index is 0.000000568. The second-order valence-electron chi connectivity index (χ2n) is 8.06. The molecule has 0 saturated carbocycles. The van der Waals surface area contributed by atoms with Crippen molar-refractivity contribution in [3.05, 3.63) is 77.4 Å². The van der Waals surface area contributed by atoms with E-state index in [2.05, 4.69) is 15.5 Å². The van der Waals surface area contributed by atoms with Gasteiger partial charge in [-0.25, -0.2) is 14.4 Å². The molecular formula is C25H26N4O8. The van der Waals surface area contributed by atoms with Crippen molar-refractivity contribution in [2.45, 2.75) is 19.3 Å². The molecule has 1 aromatic heterocycles. The number of aliphatic carboxylic acids is 2. The minimum Gasteiger partial charge on any atom is -0.473 e. The van der Waals surface area contributed by atoms with Gasteiger partial charge in [0.05, 0.1) is 24.6 Å². The lowest BCUT2D eigenvalue weighted by Crippen LogP contribution is -2.48. The van der Waals surface area contributed by atoms with Crippen LogP contribution in [0.4, 0.5) is 5.69 Å². The van der Waals surface area contributed by atoms with Gasteiger partial charge in [0.2, 0.25) is 11.8 Å². The van der Waals surface area contributed by atoms with Gasteiger partial charge in [-0.2, -0.15) is 4.98 Å². The van der Waals surface area contributed by atoms with E-state index in [-0.39, 0.29) is 24.3 Å². The average Bonchev–Trinajstić information content (AvgIpc) is 3.30. The van der Waals surface area contributed by atoms with Crippen LogP contribution in [0.15, 0.2) is 59.1 Å². The van der Waals surface area contributed by atoms with Gasteiger partial charge in [-0.3, -0.25) is 9.69 Å². The summed E-state index contributed by atoms with van der Waals surface area (Å²) in [6.45, 7) is 3.76. The molecule has 0 spiro atoms. The molecule has 37 heavy (non-hydrogen) atoms. The monoisotopic (exact) mass is 510 g/mol. The average molecular weight is 511 g/mol. The molecule has 12 nitrogen and oxygen atoms in total. The number of benzene rings is 2. The highest BCUT2D eigenvalue weighted by molar-refractivity contribution is 6.27. The van der Waals surface area contributed by atoms with Gasteiger partial charge in [-0.05, 0) is 36.8 Å². The number of amides is 1. The van der Waals surface area contributed by atoms with Crippen molar-refractivity contribution in [1.29, 1.82) is 0 Å². The van der Waals surface area contributed by atoms with Crippen LogP contribution in [0.3, 0.4) is 0 Å². The molecule has 0 aliphatic carbocycles. The van der Waals surface area contributed by atoms with Crippen LogP contribution in [0, 0.1) is 0 Å². The predicted octanol–water partition coefficient (Wildman–Crippen LogP) is 2.03. The van der Waals surface area contributed by atoms with Crippen LogP contribution in [0.1, 0.15) is 40.5 Å². The van der Waals surface area contributed by atoms with Gasteiger partial charge in [0.25, 0.3) is 0 Å². The topological polar surface area (TPSA) is 172 Å². The molecule has 3 aromatic rings. The number of nitrogens with zero attached hydrogens (tertiary/aromatic N) is 3. The smallest absolute Gasteiger partial charge is 0.414 e. The summed E-state index contributed by atoms with van der Waals surface area (Å²) in [7, 11) is 0. The normalized spacial score (nSPS) is 13.0. The zero-order valence-electron chi connectivity index (χ0n) is 20.0. The maximum atomic E-state index is 12.3. The van der Waals surface area contributed by atoms with Crippen molar-refractivity contribution < 1.29 is 38.7 Å². The van der Waals surface area contributed by atoms with Crippen LogP contribution in [-0.2, 0) is 25.5 Å². The lowest BCUT2D eigenvalue weighted by molar-refractivity contribution is -0.159. The van der Waals surface area contributed by atoms with Crippen LogP contribution in [0.5, 0.6) is 0 Å². The Hall–Kier alpha value is -4.58. The first-order valence-corrected chi connectivity index (χ1v) is 11.4. The number of carboxylic acids is 2. The number of anilines is 1. The van der Waals surface area contributed by atoms with Crippen LogP contribution in [-0.4, -0.2) is 75.3 Å². The number of hydrogen-bond donors (Lipinski definition) is 3. The summed E-state index contributed by atoms with van der Waals surface area (Å²) in [5.41, 5.74) is 2.23. The van der Waals surface area contributed by atoms with E-state index in [1.807, 2.05) is 35.2 Å². The zero-order valence-corrected chi connectivity index (χ0v) is 20.0. The van der Waals surface area contributed by atoms with Crippen LogP contribution >= 0.6 is 0 Å². The van der Waals surface area contributed by atoms with Gasteiger partial charge < -0.3 is 24.8 Å². The summed E-state index contributed by atoms with van der Waals surface area (Å²) >= 11 is 0. The third kappa shape index (κ3) is 8.25. The standard InChI is InChI=1S/C23H24N4O4.C2H2O4/c1-2-30-23(29)17-8-10-19(11-9-17)24-21(28)15-27-13-18(14-27)22-25-20(26-31-22)12-16-6-4-3-5-7-16;3-1(4)2(5)6/h3-11,18H,2,12-15H2,1H3,(H,24,28);(H,3,4)(H,5,6). The van der Waals surface area contributed by atoms with Crippen LogP contribution in [0.25, 0.3) is 0 Å². The second kappa shape index (κ2) is 12.9. The predicted molar refractivity (Wildman–Crippen MR) is 129 cm³/mol. The van der Waals surface area contributed by atoms with E-state index in [1.165, 1.54) is 0 Å². The summed E-state index contributed by atoms with van der Waals surface area (Å²) < 4.78 is 10.4. The number of carbonyl (C=O) groups excluding carboxylic acids is 2. The number of esters is 1. The third-order valence-electron chi connectivity index (χ3n) is 5.23. The van der Waals surface area contributed by atoms with E-state index >= 15 is 0 Å². The highest BCUT2D eigenvalue weighted by Crippen LogP contribution is 2.25. The molecular weight excluding hydrogens is 484 g/mol. The summed E-state index contributed by atoms with van der Waals surface area (Å²) in [5.74, 6) is -2.70. The molecule has 0 unspecified atom stereocenters. The van der Waals surface area contributed by atoms with Gasteiger partial charge in [0.1, 0.15) is 0 Å². The third-order valence-corrected chi connectivity index (χ3v) is 5.23. The number of ether oxygens (including phenoxy) is 1. The molecule has 0 atom stereocenters. The summed E-state index contributed by atoms with van der Waals surface area (Å²) in [6, 6.07) is 16.7. The zero-order chi connectivity index (χ0) is 26.8. The Kier molecular flexibility index (Phi) is 9.44. The maximum absolute atomic E-state index is 12.3. The first kappa shape index (κ1) is 27.0. The van der Waals surface area contributed by atoms with E-state index in [0.29, 0.717) is 49.1 Å². The molecule has 1 fully saturated rings. The first-order valence-electron chi connectivity index (χ1n) is 11.4. The largest absolute Gasteiger partial charge is 0.473 e. The number of aromatic nitrogens is 2. The van der Waals surface area contributed by atoms with Crippen molar-refractivity contribution in [2.75, 3.05) is 31.6 Å². The van der Waals surface area contributed by atoms with Crippen molar-refractivity contribution in [3.63, 3.8) is 0 Å². The molecule has 4 rings (SSSR count). The number of likely N-dealkylation sites (tertiary alicyclic amines) is 1. The number of hydrogen-bond acceptors (Lipinski definition) is 9. The van der Waals surface area contributed by atoms with Crippen LogP contribution in [0.2, 0.25) is 0 Å². The molecule has 1 aliphatic rings. The van der Waals surface area contributed by atoms with Crippen molar-refractivity contribution in [3.8, 4) is 0 Å². The van der Waals surface area contributed by atoms with Crippen molar-refractivity contribution in [2.24, 2.45) is 0 Å². The number of rotatable bonds is 8. The molecule has 1 amide bonds. The molecule has 0 radical (unpaired) electrons. The Morgan fingerprint density at radius 3 is 2.27 bits per heavy atom. The summed E-state index contributed by atoms with van der Waals surface area (Å²) in [6.07, 6.45) is 0.637. The van der Waals surface area contributed by atoms with E-state index in [0.717, 1.165) is 5.56 Å². The SMILES string of the molecule is CCOC(=O)c1ccc(NC(=O)CN2CC(c3nc(Cc4ccccc4)no3)C2)cc1.O=C(O)C(=O)O. The number of nitrogens with one attached hydrogen (secondary N) is 1. The van der Waals surface area contributed by atoms with E-state index in [9.17, 15) is 9.59 Å². The van der Waals surface area contributed by atoms with Crippen molar-refractivity contribution >= 4 is 29.5 Å². The molecule has 0 bridgehead atoms. The molecule has 1 aliphatic heterocycles. The van der Waals surface area contributed by atoms with E-state index in [4.69, 9.17) is 29.1 Å². The van der Waals surface area contributed by atoms with Gasteiger partial charge >= 0.3 is 17.9 Å². The second-order valence-corrected chi connectivity index (χ2v) is 8.06. The lowest BCUT2D eigenvalue weighted by Gasteiger charge is -2.36. The van der Waals surface area contributed by atoms with E-state index < -0.39 is 11.9 Å². The van der Waals surface area contributed by atoms with Crippen molar-refractivity contribution in [1.82, 2.24) is 15.0 Å². The fourth-order valence-electron chi connectivity index (χ4n) is 3.45. The van der Waals surface area contributed by atoms with Gasteiger partial charge in [-0.1, -0.05) is 35.5 Å². The first-order chi connectivity index (χ1) is 17.7. The maximum Gasteiger partial charge on any atom is 0.414 e. The lowest BCUT2D eigenvalue weighted by atomic mass is 10.0. The molecule has 194 valence electrons. The summed E-state index contributed by atoms with van der Waals surface area (Å²) in [4.78, 5) is 48.7. The minimum atomic E-state index is -1.82. The summed E-state index contributed by atoms with van der Waals surface area (Å²) in [5, 5.41) is 21.7. The minimum absolute atomic E-state index is 0.113. The fraction of sp³-hybridized carbons (Fsp3) is 0.280. The quantitative estimate of drug-likeness (QED) is 0.299.